The topological polar surface area (TPSA) is 66.0 Å². The lowest BCUT2D eigenvalue weighted by molar-refractivity contribution is 0.147. The van der Waals surface area contributed by atoms with Gasteiger partial charge in [-0.3, -0.25) is 4.99 Å². The van der Waals surface area contributed by atoms with Crippen LogP contribution in [0.2, 0.25) is 0 Å². The SMILES string of the molecule is CCNC(=NCC(NC(=O)OCC)C1CC1)N1CCCC(C)C1.I. The van der Waals surface area contributed by atoms with Gasteiger partial charge in [-0.25, -0.2) is 4.79 Å². The Balaban J connectivity index is 0.00000288. The zero-order chi connectivity index (χ0) is 16.7. The number of ether oxygens (including phenoxy) is 1. The molecule has 0 bridgehead atoms. The number of aliphatic imine (C=N–C) groups is 1. The molecule has 0 spiro atoms. The number of nitrogens with one attached hydrogen (secondary N) is 2. The van der Waals surface area contributed by atoms with E-state index in [4.69, 9.17) is 9.73 Å². The van der Waals surface area contributed by atoms with E-state index >= 15 is 0 Å². The molecule has 6 nitrogen and oxygen atoms in total. The number of carbonyl (C=O) groups is 1. The van der Waals surface area contributed by atoms with Crippen LogP contribution < -0.4 is 10.6 Å². The summed E-state index contributed by atoms with van der Waals surface area (Å²) in [5.41, 5.74) is 0. The van der Waals surface area contributed by atoms with Crippen molar-refractivity contribution in [3.05, 3.63) is 0 Å². The lowest BCUT2D eigenvalue weighted by Gasteiger charge is -2.33. The summed E-state index contributed by atoms with van der Waals surface area (Å²) in [7, 11) is 0. The first-order valence-corrected chi connectivity index (χ1v) is 9.10. The lowest BCUT2D eigenvalue weighted by atomic mass is 10.0. The van der Waals surface area contributed by atoms with Gasteiger partial charge < -0.3 is 20.3 Å². The van der Waals surface area contributed by atoms with Gasteiger partial charge in [0.05, 0.1) is 19.2 Å². The van der Waals surface area contributed by atoms with Gasteiger partial charge in [-0.05, 0) is 51.4 Å². The molecule has 1 saturated heterocycles. The van der Waals surface area contributed by atoms with E-state index in [0.717, 1.165) is 25.6 Å². The summed E-state index contributed by atoms with van der Waals surface area (Å²) in [4.78, 5) is 18.9. The van der Waals surface area contributed by atoms with E-state index < -0.39 is 0 Å². The Bertz CT molecular complexity index is 415. The van der Waals surface area contributed by atoms with E-state index in [1.54, 1.807) is 0 Å². The third-order valence-corrected chi connectivity index (χ3v) is 4.50. The van der Waals surface area contributed by atoms with Crippen molar-refractivity contribution >= 4 is 36.0 Å². The predicted octanol–water partition coefficient (Wildman–Crippen LogP) is 2.83. The van der Waals surface area contributed by atoms with Crippen LogP contribution in [0.4, 0.5) is 4.79 Å². The highest BCUT2D eigenvalue weighted by Crippen LogP contribution is 2.32. The monoisotopic (exact) mass is 452 g/mol. The van der Waals surface area contributed by atoms with Gasteiger partial charge in [-0.1, -0.05) is 6.92 Å². The van der Waals surface area contributed by atoms with Crippen LogP contribution in [0.1, 0.15) is 46.5 Å². The van der Waals surface area contributed by atoms with E-state index in [-0.39, 0.29) is 36.1 Å². The Labute approximate surface area is 163 Å². The van der Waals surface area contributed by atoms with Crippen molar-refractivity contribution in [3.63, 3.8) is 0 Å². The minimum atomic E-state index is -0.323. The maximum Gasteiger partial charge on any atom is 0.407 e. The molecule has 2 fully saturated rings. The van der Waals surface area contributed by atoms with Crippen LogP contribution in [0.5, 0.6) is 0 Å². The highest BCUT2D eigenvalue weighted by Gasteiger charge is 2.32. The smallest absolute Gasteiger partial charge is 0.407 e. The van der Waals surface area contributed by atoms with Gasteiger partial charge in [0.1, 0.15) is 0 Å². The fourth-order valence-electron chi connectivity index (χ4n) is 3.13. The van der Waals surface area contributed by atoms with Gasteiger partial charge in [0, 0.05) is 19.6 Å². The van der Waals surface area contributed by atoms with Gasteiger partial charge in [0.25, 0.3) is 0 Å². The van der Waals surface area contributed by atoms with Crippen molar-refractivity contribution in [2.24, 2.45) is 16.8 Å². The fraction of sp³-hybridized carbons (Fsp3) is 0.882. The summed E-state index contributed by atoms with van der Waals surface area (Å²) in [6.45, 7) is 10.2. The third-order valence-electron chi connectivity index (χ3n) is 4.50. The number of nitrogens with zero attached hydrogens (tertiary/aromatic N) is 2. The van der Waals surface area contributed by atoms with Crippen LogP contribution in [0.3, 0.4) is 0 Å². The van der Waals surface area contributed by atoms with Crippen LogP contribution in [0, 0.1) is 11.8 Å². The Hall–Kier alpha value is -0.730. The number of piperidine rings is 1. The van der Waals surface area contributed by atoms with E-state index in [1.807, 2.05) is 6.92 Å². The molecule has 1 amide bonds. The van der Waals surface area contributed by atoms with Crippen molar-refractivity contribution < 1.29 is 9.53 Å². The van der Waals surface area contributed by atoms with Gasteiger partial charge in [-0.2, -0.15) is 0 Å². The molecule has 2 atom stereocenters. The number of hydrogen-bond donors (Lipinski definition) is 2. The van der Waals surface area contributed by atoms with E-state index in [0.29, 0.717) is 25.0 Å². The minimum absolute atomic E-state index is 0. The minimum Gasteiger partial charge on any atom is -0.450 e. The van der Waals surface area contributed by atoms with Crippen LogP contribution >= 0.6 is 24.0 Å². The molecule has 0 radical (unpaired) electrons. The molecule has 24 heavy (non-hydrogen) atoms. The number of hydrogen-bond acceptors (Lipinski definition) is 3. The van der Waals surface area contributed by atoms with E-state index in [1.165, 1.54) is 25.7 Å². The molecule has 7 heteroatoms. The molecular formula is C17H33IN4O2. The average Bonchev–Trinajstić information content (AvgIpc) is 3.35. The number of guanidine groups is 1. The van der Waals surface area contributed by atoms with Gasteiger partial charge in [0.15, 0.2) is 5.96 Å². The maximum absolute atomic E-state index is 11.7. The first-order chi connectivity index (χ1) is 11.1. The van der Waals surface area contributed by atoms with E-state index in [9.17, 15) is 4.79 Å². The molecule has 2 rings (SSSR count). The summed E-state index contributed by atoms with van der Waals surface area (Å²) < 4.78 is 5.01. The number of amides is 1. The van der Waals surface area contributed by atoms with Crippen molar-refractivity contribution in [1.82, 2.24) is 15.5 Å². The molecule has 0 aromatic carbocycles. The highest BCUT2D eigenvalue weighted by atomic mass is 127. The quantitative estimate of drug-likeness (QED) is 0.370. The average molecular weight is 452 g/mol. The van der Waals surface area contributed by atoms with Gasteiger partial charge in [-0.15, -0.1) is 24.0 Å². The predicted molar refractivity (Wildman–Crippen MR) is 108 cm³/mol. The lowest BCUT2D eigenvalue weighted by Crippen LogP contribution is -2.47. The Morgan fingerprint density at radius 2 is 2.08 bits per heavy atom. The van der Waals surface area contributed by atoms with Gasteiger partial charge >= 0.3 is 6.09 Å². The number of likely N-dealkylation sites (tertiary alicyclic amines) is 1. The normalized spacial score (nSPS) is 22.4. The maximum atomic E-state index is 11.7. The second-order valence-corrected chi connectivity index (χ2v) is 6.70. The Morgan fingerprint density at radius 1 is 1.33 bits per heavy atom. The van der Waals surface area contributed by atoms with Crippen molar-refractivity contribution in [1.29, 1.82) is 0 Å². The molecule has 1 saturated carbocycles. The standard InChI is InChI=1S/C17H32N4O2.HI/c1-4-18-16(21-10-6-7-13(3)12-21)19-11-15(14-8-9-14)20-17(22)23-5-2;/h13-15H,4-12H2,1-3H3,(H,18,19)(H,20,22);1H. The molecule has 2 aliphatic rings. The largest absolute Gasteiger partial charge is 0.450 e. The number of alkyl carbamates (subject to hydrolysis) is 1. The molecule has 0 aromatic heterocycles. The third kappa shape index (κ3) is 7.03. The summed E-state index contributed by atoms with van der Waals surface area (Å²) in [6, 6.07) is 0.0879. The molecular weight excluding hydrogens is 419 g/mol. The van der Waals surface area contributed by atoms with Crippen molar-refractivity contribution in [2.75, 3.05) is 32.8 Å². The molecule has 2 N–H and O–H groups in total. The number of halogens is 1. The number of rotatable bonds is 6. The molecule has 140 valence electrons. The van der Waals surface area contributed by atoms with Crippen LogP contribution in [0.25, 0.3) is 0 Å². The molecule has 2 unspecified atom stereocenters. The number of carbonyl (C=O) groups excluding carboxylic acids is 1. The summed E-state index contributed by atoms with van der Waals surface area (Å²) in [6.07, 6.45) is 4.54. The van der Waals surface area contributed by atoms with E-state index in [2.05, 4.69) is 29.4 Å². The fourth-order valence-corrected chi connectivity index (χ4v) is 3.13. The summed E-state index contributed by atoms with van der Waals surface area (Å²) in [5.74, 6) is 2.24. The Kier molecular flexibility index (Phi) is 9.76. The van der Waals surface area contributed by atoms with Crippen LogP contribution in [-0.4, -0.2) is 55.8 Å². The highest BCUT2D eigenvalue weighted by molar-refractivity contribution is 14.0. The molecule has 1 aliphatic heterocycles. The van der Waals surface area contributed by atoms with Gasteiger partial charge in [0.2, 0.25) is 0 Å². The Morgan fingerprint density at radius 3 is 2.67 bits per heavy atom. The second kappa shape index (κ2) is 11.0. The van der Waals surface area contributed by atoms with Crippen LogP contribution in [-0.2, 0) is 4.74 Å². The zero-order valence-corrected chi connectivity index (χ0v) is 17.5. The van der Waals surface area contributed by atoms with Crippen molar-refractivity contribution in [3.8, 4) is 0 Å². The summed E-state index contributed by atoms with van der Waals surface area (Å²) >= 11 is 0. The van der Waals surface area contributed by atoms with Crippen LogP contribution in [0.15, 0.2) is 4.99 Å². The zero-order valence-electron chi connectivity index (χ0n) is 15.2. The molecule has 1 aliphatic carbocycles. The molecule has 0 aromatic rings. The summed E-state index contributed by atoms with van der Waals surface area (Å²) in [5, 5.41) is 6.37. The molecule has 1 heterocycles. The van der Waals surface area contributed by atoms with Crippen molar-refractivity contribution in [2.45, 2.75) is 52.5 Å². The first-order valence-electron chi connectivity index (χ1n) is 9.10. The first kappa shape index (κ1) is 21.3. The second-order valence-electron chi connectivity index (χ2n) is 6.70.